The molecule has 0 aromatic heterocycles. The van der Waals surface area contributed by atoms with Gasteiger partial charge < -0.3 is 19.5 Å². The molecular formula is C28H25ClN2O5. The minimum atomic E-state index is -0.427. The van der Waals surface area contributed by atoms with Crippen LogP contribution in [0.4, 0.5) is 5.69 Å². The average molecular weight is 505 g/mol. The van der Waals surface area contributed by atoms with Gasteiger partial charge in [-0.2, -0.15) is 0 Å². The van der Waals surface area contributed by atoms with Crippen LogP contribution in [0, 0.1) is 0 Å². The summed E-state index contributed by atoms with van der Waals surface area (Å²) in [5.74, 6) is 0.00281. The van der Waals surface area contributed by atoms with E-state index in [0.717, 1.165) is 31.9 Å². The second-order valence-electron chi connectivity index (χ2n) is 8.74. The van der Waals surface area contributed by atoms with Gasteiger partial charge in [0, 0.05) is 43.4 Å². The summed E-state index contributed by atoms with van der Waals surface area (Å²) < 4.78 is 10.7. The van der Waals surface area contributed by atoms with Gasteiger partial charge in [0.2, 0.25) is 5.78 Å². The Kier molecular flexibility index (Phi) is 6.67. The van der Waals surface area contributed by atoms with E-state index < -0.39 is 5.97 Å². The number of phenolic OH excluding ortho intramolecular Hbond substituents is 1. The van der Waals surface area contributed by atoms with E-state index in [-0.39, 0.29) is 17.3 Å². The Morgan fingerprint density at radius 1 is 1.08 bits per heavy atom. The van der Waals surface area contributed by atoms with E-state index in [2.05, 4.69) is 9.80 Å². The number of methoxy groups -OCH3 is 1. The van der Waals surface area contributed by atoms with Crippen LogP contribution in [0.5, 0.6) is 11.5 Å². The summed E-state index contributed by atoms with van der Waals surface area (Å²) in [5.41, 5.74) is 3.25. The number of benzene rings is 3. The number of ether oxygens (including phenoxy) is 2. The van der Waals surface area contributed by atoms with E-state index in [9.17, 15) is 14.7 Å². The zero-order chi connectivity index (χ0) is 25.2. The van der Waals surface area contributed by atoms with Crippen LogP contribution in [0.2, 0.25) is 5.02 Å². The molecule has 1 N–H and O–H groups in total. The van der Waals surface area contributed by atoms with Crippen molar-refractivity contribution in [3.05, 3.63) is 93.7 Å². The van der Waals surface area contributed by atoms with E-state index in [0.29, 0.717) is 39.6 Å². The van der Waals surface area contributed by atoms with Gasteiger partial charge in [-0.05, 0) is 54.1 Å². The van der Waals surface area contributed by atoms with Crippen LogP contribution >= 0.6 is 11.6 Å². The molecule has 36 heavy (non-hydrogen) atoms. The third-order valence-electron chi connectivity index (χ3n) is 6.47. The highest BCUT2D eigenvalue weighted by atomic mass is 35.5. The first kappa shape index (κ1) is 23.9. The van der Waals surface area contributed by atoms with E-state index in [1.165, 1.54) is 7.11 Å². The van der Waals surface area contributed by atoms with Crippen molar-refractivity contribution in [1.82, 2.24) is 4.90 Å². The number of ketones is 1. The van der Waals surface area contributed by atoms with Crippen molar-refractivity contribution >= 4 is 35.1 Å². The molecule has 0 saturated carbocycles. The number of anilines is 1. The minimum absolute atomic E-state index is 0.0995. The third-order valence-corrected chi connectivity index (χ3v) is 6.71. The predicted octanol–water partition coefficient (Wildman–Crippen LogP) is 4.77. The van der Waals surface area contributed by atoms with Gasteiger partial charge in [-0.1, -0.05) is 29.8 Å². The molecule has 0 aliphatic carbocycles. The number of carbonyl (C=O) groups is 2. The van der Waals surface area contributed by atoms with Gasteiger partial charge in [0.25, 0.3) is 0 Å². The van der Waals surface area contributed by atoms with Crippen LogP contribution in [-0.2, 0) is 11.3 Å². The van der Waals surface area contributed by atoms with Gasteiger partial charge in [0.15, 0.2) is 5.76 Å². The molecule has 184 valence electrons. The predicted molar refractivity (Wildman–Crippen MR) is 138 cm³/mol. The highest BCUT2D eigenvalue weighted by Crippen LogP contribution is 2.40. The molecule has 2 aliphatic rings. The summed E-state index contributed by atoms with van der Waals surface area (Å²) >= 11 is 6.14. The average Bonchev–Trinajstić information content (AvgIpc) is 3.21. The Hall–Kier alpha value is -3.81. The van der Waals surface area contributed by atoms with Gasteiger partial charge >= 0.3 is 5.97 Å². The number of nitrogens with zero attached hydrogens (tertiary/aromatic N) is 2. The molecule has 1 fully saturated rings. The molecule has 1 saturated heterocycles. The number of rotatable bonds is 5. The van der Waals surface area contributed by atoms with Crippen molar-refractivity contribution < 1.29 is 24.2 Å². The number of hydrogen-bond acceptors (Lipinski definition) is 7. The zero-order valence-corrected chi connectivity index (χ0v) is 20.5. The molecule has 0 atom stereocenters. The fraction of sp³-hybridized carbons (Fsp3) is 0.214. The second kappa shape index (κ2) is 10.0. The Labute approximate surface area is 214 Å². The monoisotopic (exact) mass is 504 g/mol. The molecule has 0 amide bonds. The van der Waals surface area contributed by atoms with E-state index >= 15 is 0 Å². The maximum absolute atomic E-state index is 13.0. The summed E-state index contributed by atoms with van der Waals surface area (Å²) in [4.78, 5) is 29.2. The first-order valence-electron chi connectivity index (χ1n) is 11.6. The van der Waals surface area contributed by atoms with Crippen molar-refractivity contribution in [1.29, 1.82) is 0 Å². The molecule has 5 rings (SSSR count). The quantitative estimate of drug-likeness (QED) is 0.396. The van der Waals surface area contributed by atoms with Crippen molar-refractivity contribution in [3.63, 3.8) is 0 Å². The maximum atomic E-state index is 13.0. The molecule has 8 heteroatoms. The Morgan fingerprint density at radius 3 is 2.53 bits per heavy atom. The number of allylic oxidation sites excluding steroid dienone is 1. The number of esters is 1. The molecule has 0 bridgehead atoms. The molecule has 7 nitrogen and oxygen atoms in total. The van der Waals surface area contributed by atoms with Gasteiger partial charge in [0.05, 0.1) is 23.8 Å². The zero-order valence-electron chi connectivity index (χ0n) is 19.7. The molecule has 3 aromatic carbocycles. The summed E-state index contributed by atoms with van der Waals surface area (Å²) in [5, 5.41) is 11.3. The second-order valence-corrected chi connectivity index (χ2v) is 9.17. The van der Waals surface area contributed by atoms with Gasteiger partial charge in [-0.25, -0.2) is 4.79 Å². The summed E-state index contributed by atoms with van der Waals surface area (Å²) in [6.07, 6.45) is 1.63. The summed E-state index contributed by atoms with van der Waals surface area (Å²) in [6, 6.07) is 17.7. The molecule has 0 spiro atoms. The standard InChI is InChI=1S/C28H25ClN2O5/c1-35-28(34)19-7-5-18(6-8-19)15-25-26(33)22-9-10-24(32)23(27(22)36-25)17-30-11-13-31(14-12-30)21-4-2-3-20(29)16-21/h2-10,15-16,32H,11-14,17H2,1H3/b25-15+. The molecular weight excluding hydrogens is 480 g/mol. The fourth-order valence-corrected chi connectivity index (χ4v) is 4.68. The number of halogens is 1. The van der Waals surface area contributed by atoms with E-state index in [1.807, 2.05) is 24.3 Å². The molecule has 0 unspecified atom stereocenters. The molecule has 2 heterocycles. The number of phenols is 1. The van der Waals surface area contributed by atoms with Crippen molar-refractivity contribution in [3.8, 4) is 11.5 Å². The van der Waals surface area contributed by atoms with Crippen LogP contribution in [-0.4, -0.2) is 55.0 Å². The SMILES string of the molecule is COC(=O)c1ccc(/C=C2/Oc3c(ccc(O)c3CN3CCN(c4cccc(Cl)c4)CC3)C2=O)cc1. The van der Waals surface area contributed by atoms with E-state index in [4.69, 9.17) is 21.1 Å². The Morgan fingerprint density at radius 2 is 1.83 bits per heavy atom. The van der Waals surface area contributed by atoms with Crippen LogP contribution in [0.25, 0.3) is 6.08 Å². The number of aromatic hydroxyl groups is 1. The first-order valence-corrected chi connectivity index (χ1v) is 12.0. The number of piperazine rings is 1. The number of Topliss-reactive ketones (excluding diaryl/α,β-unsaturated/α-hetero) is 1. The lowest BCUT2D eigenvalue weighted by atomic mass is 10.0. The highest BCUT2D eigenvalue weighted by Gasteiger charge is 2.32. The normalized spacial score (nSPS) is 16.7. The number of carbonyl (C=O) groups excluding carboxylic acids is 2. The maximum Gasteiger partial charge on any atom is 0.337 e. The Bertz CT molecular complexity index is 1340. The lowest BCUT2D eigenvalue weighted by Gasteiger charge is -2.36. The smallest absolute Gasteiger partial charge is 0.337 e. The third kappa shape index (κ3) is 4.80. The molecule has 3 aromatic rings. The van der Waals surface area contributed by atoms with Crippen LogP contribution in [0.3, 0.4) is 0 Å². The highest BCUT2D eigenvalue weighted by molar-refractivity contribution is 6.30. The first-order chi connectivity index (χ1) is 17.4. The van der Waals surface area contributed by atoms with E-state index in [1.54, 1.807) is 42.5 Å². The van der Waals surface area contributed by atoms with Crippen LogP contribution < -0.4 is 9.64 Å². The number of hydrogen-bond donors (Lipinski definition) is 1. The van der Waals surface area contributed by atoms with Crippen molar-refractivity contribution in [2.75, 3.05) is 38.2 Å². The lowest BCUT2D eigenvalue weighted by molar-refractivity contribution is 0.0600. The van der Waals surface area contributed by atoms with Crippen LogP contribution in [0.1, 0.15) is 31.8 Å². The fourth-order valence-electron chi connectivity index (χ4n) is 4.49. The summed E-state index contributed by atoms with van der Waals surface area (Å²) in [7, 11) is 1.33. The summed E-state index contributed by atoms with van der Waals surface area (Å²) in [6.45, 7) is 3.69. The number of fused-ring (bicyclic) bond motifs is 1. The van der Waals surface area contributed by atoms with Gasteiger partial charge in [-0.15, -0.1) is 0 Å². The van der Waals surface area contributed by atoms with Gasteiger partial charge in [0.1, 0.15) is 11.5 Å². The van der Waals surface area contributed by atoms with Crippen LogP contribution in [0.15, 0.2) is 66.4 Å². The Balaban J connectivity index is 1.31. The topological polar surface area (TPSA) is 79.3 Å². The lowest BCUT2D eigenvalue weighted by Crippen LogP contribution is -2.46. The largest absolute Gasteiger partial charge is 0.507 e. The molecule has 2 aliphatic heterocycles. The van der Waals surface area contributed by atoms with Crippen molar-refractivity contribution in [2.45, 2.75) is 6.54 Å². The molecule has 0 radical (unpaired) electrons. The van der Waals surface area contributed by atoms with Gasteiger partial charge in [-0.3, -0.25) is 9.69 Å². The minimum Gasteiger partial charge on any atom is -0.507 e. The van der Waals surface area contributed by atoms with Crippen molar-refractivity contribution in [2.24, 2.45) is 0 Å².